The van der Waals surface area contributed by atoms with Crippen molar-refractivity contribution in [2.75, 3.05) is 13.1 Å². The Morgan fingerprint density at radius 1 is 1.07 bits per heavy atom. The quantitative estimate of drug-likeness (QED) is 0.553. The van der Waals surface area contributed by atoms with Gasteiger partial charge >= 0.3 is 6.18 Å². The number of halogens is 3. The number of aromatic nitrogens is 1. The Balaban J connectivity index is 1.30. The van der Waals surface area contributed by atoms with Gasteiger partial charge in [0.2, 0.25) is 5.91 Å². The van der Waals surface area contributed by atoms with Crippen LogP contribution in [0.3, 0.4) is 0 Å². The van der Waals surface area contributed by atoms with Gasteiger partial charge in [-0.1, -0.05) is 30.3 Å². The zero-order valence-electron chi connectivity index (χ0n) is 16.7. The maximum Gasteiger partial charge on any atom is 0.416 e. The summed E-state index contributed by atoms with van der Waals surface area (Å²) in [5.74, 6) is 0.640. The molecule has 0 atom stereocenters. The van der Waals surface area contributed by atoms with Crippen molar-refractivity contribution in [1.29, 1.82) is 0 Å². The lowest BCUT2D eigenvalue weighted by atomic mass is 9.89. The molecule has 1 aliphatic heterocycles. The molecule has 6 heteroatoms. The molecule has 30 heavy (non-hydrogen) atoms. The number of hydrogen-bond acceptors (Lipinski definition) is 1. The minimum Gasteiger partial charge on any atom is -0.361 e. The topological polar surface area (TPSA) is 36.1 Å². The van der Waals surface area contributed by atoms with Crippen molar-refractivity contribution in [1.82, 2.24) is 9.88 Å². The monoisotopic (exact) mass is 414 g/mol. The second kappa shape index (κ2) is 8.54. The molecule has 0 radical (unpaired) electrons. The van der Waals surface area contributed by atoms with Crippen LogP contribution in [-0.2, 0) is 17.4 Å². The van der Waals surface area contributed by atoms with Crippen LogP contribution in [0.2, 0.25) is 0 Å². The van der Waals surface area contributed by atoms with Crippen molar-refractivity contribution >= 4 is 16.8 Å². The van der Waals surface area contributed by atoms with Gasteiger partial charge in [-0.2, -0.15) is 13.2 Å². The third kappa shape index (κ3) is 4.53. The highest BCUT2D eigenvalue weighted by atomic mass is 19.4. The van der Waals surface area contributed by atoms with Crippen molar-refractivity contribution in [2.24, 2.45) is 0 Å². The number of carbonyl (C=O) groups is 1. The van der Waals surface area contributed by atoms with Crippen LogP contribution in [0.4, 0.5) is 13.2 Å². The molecule has 1 saturated heterocycles. The minimum absolute atomic E-state index is 0.136. The lowest BCUT2D eigenvalue weighted by Gasteiger charge is -2.32. The summed E-state index contributed by atoms with van der Waals surface area (Å²) in [6, 6.07) is 14.2. The van der Waals surface area contributed by atoms with E-state index in [4.69, 9.17) is 0 Å². The zero-order valence-corrected chi connectivity index (χ0v) is 16.7. The van der Waals surface area contributed by atoms with E-state index in [1.54, 1.807) is 6.20 Å². The molecule has 3 aromatic rings. The zero-order chi connectivity index (χ0) is 21.1. The predicted octanol–water partition coefficient (Wildman–Crippen LogP) is 5.92. The molecule has 2 aromatic carbocycles. The minimum atomic E-state index is -4.36. The smallest absolute Gasteiger partial charge is 0.361 e. The van der Waals surface area contributed by atoms with Crippen LogP contribution in [0, 0.1) is 0 Å². The van der Waals surface area contributed by atoms with Crippen molar-refractivity contribution in [2.45, 2.75) is 44.2 Å². The number of nitrogens with zero attached hydrogens (tertiary/aromatic N) is 1. The molecule has 158 valence electrons. The van der Waals surface area contributed by atoms with Crippen LogP contribution >= 0.6 is 0 Å². The summed E-state index contributed by atoms with van der Waals surface area (Å²) < 4.78 is 39.0. The van der Waals surface area contributed by atoms with Gasteiger partial charge < -0.3 is 9.88 Å². The van der Waals surface area contributed by atoms with Crippen LogP contribution in [0.1, 0.15) is 48.3 Å². The van der Waals surface area contributed by atoms with E-state index in [1.807, 2.05) is 11.0 Å². The second-order valence-electron chi connectivity index (χ2n) is 7.99. The molecule has 0 aliphatic carbocycles. The fourth-order valence-electron chi connectivity index (χ4n) is 4.34. The Kier molecular flexibility index (Phi) is 5.84. The number of nitrogens with one attached hydrogen (secondary N) is 1. The Morgan fingerprint density at radius 2 is 1.80 bits per heavy atom. The van der Waals surface area contributed by atoms with Gasteiger partial charge in [0.15, 0.2) is 0 Å². The van der Waals surface area contributed by atoms with E-state index in [2.05, 4.69) is 29.2 Å². The first kappa shape index (κ1) is 20.5. The van der Waals surface area contributed by atoms with Gasteiger partial charge in [0.05, 0.1) is 5.56 Å². The van der Waals surface area contributed by atoms with E-state index >= 15 is 0 Å². The molecule has 1 aliphatic rings. The Labute approximate surface area is 173 Å². The molecule has 1 N–H and O–H groups in total. The van der Waals surface area contributed by atoms with Gasteiger partial charge in [-0.15, -0.1) is 0 Å². The number of carbonyl (C=O) groups excluding carboxylic acids is 1. The first-order valence-electron chi connectivity index (χ1n) is 10.4. The average molecular weight is 414 g/mol. The van der Waals surface area contributed by atoms with Gasteiger partial charge in [0, 0.05) is 36.6 Å². The van der Waals surface area contributed by atoms with Gasteiger partial charge in [0.25, 0.3) is 0 Å². The van der Waals surface area contributed by atoms with Gasteiger partial charge in [-0.05, 0) is 60.9 Å². The van der Waals surface area contributed by atoms with Crippen molar-refractivity contribution < 1.29 is 18.0 Å². The normalized spacial score (nSPS) is 15.6. The van der Waals surface area contributed by atoms with Gasteiger partial charge in [-0.25, -0.2) is 0 Å². The summed E-state index contributed by atoms with van der Waals surface area (Å²) >= 11 is 0. The first-order chi connectivity index (χ1) is 14.4. The van der Waals surface area contributed by atoms with E-state index in [-0.39, 0.29) is 5.91 Å². The molecule has 0 spiro atoms. The Morgan fingerprint density at radius 3 is 2.50 bits per heavy atom. The predicted molar refractivity (Wildman–Crippen MR) is 111 cm³/mol. The van der Waals surface area contributed by atoms with Crippen LogP contribution in [0.25, 0.3) is 10.9 Å². The highest BCUT2D eigenvalue weighted by Crippen LogP contribution is 2.33. The lowest BCUT2D eigenvalue weighted by Crippen LogP contribution is -2.37. The summed E-state index contributed by atoms with van der Waals surface area (Å²) in [5, 5.41) is 0.584. The average Bonchev–Trinajstić information content (AvgIpc) is 3.16. The number of amides is 1. The fourth-order valence-corrected chi connectivity index (χ4v) is 4.34. The summed E-state index contributed by atoms with van der Waals surface area (Å²) in [6.07, 6.45) is 0.956. The molecule has 3 nitrogen and oxygen atoms in total. The largest absolute Gasteiger partial charge is 0.416 e. The molecule has 0 bridgehead atoms. The number of fused-ring (bicyclic) bond motifs is 1. The summed E-state index contributed by atoms with van der Waals surface area (Å²) in [6.45, 7) is 1.53. The van der Waals surface area contributed by atoms with Crippen LogP contribution < -0.4 is 0 Å². The standard InChI is InChI=1S/C24H25F3N2O/c25-24(26,27)20-9-10-22-21(15-20)19(16-28-22)7-4-8-23(30)29-13-11-18(12-14-29)17-5-2-1-3-6-17/h1-3,5-6,9-10,15-16,18,28H,4,7-8,11-14H2. The molecule has 4 rings (SSSR count). The number of benzene rings is 2. The molecule has 2 heterocycles. The third-order valence-corrected chi connectivity index (χ3v) is 6.05. The highest BCUT2D eigenvalue weighted by Gasteiger charge is 2.30. The number of rotatable bonds is 5. The number of likely N-dealkylation sites (tertiary alicyclic amines) is 1. The van der Waals surface area contributed by atoms with E-state index in [9.17, 15) is 18.0 Å². The first-order valence-corrected chi connectivity index (χ1v) is 10.4. The van der Waals surface area contributed by atoms with Crippen LogP contribution in [-0.4, -0.2) is 28.9 Å². The van der Waals surface area contributed by atoms with Gasteiger partial charge in [0.1, 0.15) is 0 Å². The maximum absolute atomic E-state index is 13.0. The number of piperidine rings is 1. The lowest BCUT2D eigenvalue weighted by molar-refractivity contribution is -0.137. The summed E-state index contributed by atoms with van der Waals surface area (Å²) in [4.78, 5) is 17.5. The molecule has 1 fully saturated rings. The van der Waals surface area contributed by atoms with Gasteiger partial charge in [-0.3, -0.25) is 4.79 Å². The van der Waals surface area contributed by atoms with Crippen molar-refractivity contribution in [3.05, 3.63) is 71.4 Å². The number of aromatic amines is 1. The van der Waals surface area contributed by atoms with E-state index in [1.165, 1.54) is 17.7 Å². The second-order valence-corrected chi connectivity index (χ2v) is 7.99. The molecule has 0 unspecified atom stereocenters. The Hall–Kier alpha value is -2.76. The molecule has 0 saturated carbocycles. The molecular formula is C24H25F3N2O. The van der Waals surface area contributed by atoms with E-state index in [0.717, 1.165) is 37.6 Å². The fraction of sp³-hybridized carbons (Fsp3) is 0.375. The summed E-state index contributed by atoms with van der Waals surface area (Å²) in [7, 11) is 0. The number of H-pyrrole nitrogens is 1. The molecule has 1 amide bonds. The van der Waals surface area contributed by atoms with Crippen molar-refractivity contribution in [3.8, 4) is 0 Å². The number of aryl methyl sites for hydroxylation is 1. The maximum atomic E-state index is 13.0. The third-order valence-electron chi connectivity index (χ3n) is 6.05. The SMILES string of the molecule is O=C(CCCc1c[nH]c2ccc(C(F)(F)F)cc12)N1CCC(c2ccccc2)CC1. The van der Waals surface area contributed by atoms with Crippen LogP contribution in [0.5, 0.6) is 0 Å². The van der Waals surface area contributed by atoms with E-state index in [0.29, 0.717) is 36.1 Å². The van der Waals surface area contributed by atoms with Crippen LogP contribution in [0.15, 0.2) is 54.7 Å². The number of hydrogen-bond donors (Lipinski definition) is 1. The van der Waals surface area contributed by atoms with E-state index < -0.39 is 11.7 Å². The van der Waals surface area contributed by atoms with Crippen molar-refractivity contribution in [3.63, 3.8) is 0 Å². The highest BCUT2D eigenvalue weighted by molar-refractivity contribution is 5.84. The number of alkyl halides is 3. The molecule has 1 aromatic heterocycles. The summed E-state index contributed by atoms with van der Waals surface area (Å²) in [5.41, 5.74) is 2.20. The molecular weight excluding hydrogens is 389 g/mol. The Bertz CT molecular complexity index is 1000.